The lowest BCUT2D eigenvalue weighted by atomic mass is 10.1. The highest BCUT2D eigenvalue weighted by Gasteiger charge is 2.08. The molecule has 0 radical (unpaired) electrons. The van der Waals surface area contributed by atoms with Crippen molar-refractivity contribution in [3.05, 3.63) is 64.4 Å². The molecule has 2 nitrogen and oxygen atoms in total. The van der Waals surface area contributed by atoms with Gasteiger partial charge in [0.25, 0.3) is 0 Å². The lowest BCUT2D eigenvalue weighted by Crippen LogP contribution is -2.06. The van der Waals surface area contributed by atoms with E-state index in [4.69, 9.17) is 16.9 Å². The van der Waals surface area contributed by atoms with Gasteiger partial charge in [-0.1, -0.05) is 17.7 Å². The Morgan fingerprint density at radius 3 is 2.47 bits per heavy atom. The van der Waals surface area contributed by atoms with E-state index in [0.29, 0.717) is 5.56 Å². The number of benzene rings is 2. The van der Waals surface area contributed by atoms with Crippen molar-refractivity contribution in [3.8, 4) is 6.07 Å². The summed E-state index contributed by atoms with van der Waals surface area (Å²) in [6.07, 6.45) is 0. The molecule has 0 aromatic heterocycles. The highest BCUT2D eigenvalue weighted by Crippen LogP contribution is 2.23. The van der Waals surface area contributed by atoms with Crippen molar-refractivity contribution < 1.29 is 4.39 Å². The van der Waals surface area contributed by atoms with Gasteiger partial charge in [-0.3, -0.25) is 0 Å². The SMILES string of the molecule is CC(Nc1ccc(C#N)cc1)c1ccc(Cl)c(F)c1. The highest BCUT2D eigenvalue weighted by molar-refractivity contribution is 6.30. The smallest absolute Gasteiger partial charge is 0.142 e. The Kier molecular flexibility index (Phi) is 4.03. The molecular weight excluding hydrogens is 263 g/mol. The Morgan fingerprint density at radius 1 is 1.21 bits per heavy atom. The molecule has 1 unspecified atom stereocenters. The molecule has 19 heavy (non-hydrogen) atoms. The number of hydrogen-bond acceptors (Lipinski definition) is 2. The summed E-state index contributed by atoms with van der Waals surface area (Å²) in [5.74, 6) is -0.423. The van der Waals surface area contributed by atoms with Gasteiger partial charge in [0, 0.05) is 11.7 Å². The van der Waals surface area contributed by atoms with E-state index < -0.39 is 5.82 Å². The number of nitrogens with zero attached hydrogens (tertiary/aromatic N) is 1. The fourth-order valence-corrected chi connectivity index (χ4v) is 1.87. The summed E-state index contributed by atoms with van der Waals surface area (Å²) in [5, 5.41) is 12.1. The van der Waals surface area contributed by atoms with Crippen LogP contribution >= 0.6 is 11.6 Å². The molecule has 0 heterocycles. The summed E-state index contributed by atoms with van der Waals surface area (Å²) >= 11 is 5.65. The molecule has 0 spiro atoms. The lowest BCUT2D eigenvalue weighted by Gasteiger charge is -2.16. The molecule has 1 N–H and O–H groups in total. The Hall–Kier alpha value is -2.05. The minimum absolute atomic E-state index is 0.0558. The third kappa shape index (κ3) is 3.24. The quantitative estimate of drug-likeness (QED) is 0.893. The standard InChI is InChI=1S/C15H12ClFN2/c1-10(12-4-7-14(16)15(17)8-12)19-13-5-2-11(9-18)3-6-13/h2-8,10,19H,1H3. The molecule has 0 aliphatic rings. The summed E-state index contributed by atoms with van der Waals surface area (Å²) in [4.78, 5) is 0. The number of hydrogen-bond donors (Lipinski definition) is 1. The Labute approximate surface area is 116 Å². The highest BCUT2D eigenvalue weighted by atomic mass is 35.5. The van der Waals surface area contributed by atoms with E-state index in [1.54, 1.807) is 24.3 Å². The molecule has 0 aliphatic carbocycles. The zero-order chi connectivity index (χ0) is 13.8. The maximum atomic E-state index is 13.4. The predicted octanol–water partition coefficient (Wildman–Crippen LogP) is 4.52. The van der Waals surface area contributed by atoms with Gasteiger partial charge in [0.05, 0.1) is 16.7 Å². The molecule has 0 saturated carbocycles. The van der Waals surface area contributed by atoms with Crippen molar-refractivity contribution in [1.29, 1.82) is 5.26 Å². The fraction of sp³-hybridized carbons (Fsp3) is 0.133. The van der Waals surface area contributed by atoms with Crippen LogP contribution in [0.25, 0.3) is 0 Å². The van der Waals surface area contributed by atoms with Crippen LogP contribution in [0.5, 0.6) is 0 Å². The van der Waals surface area contributed by atoms with Crippen molar-refractivity contribution >= 4 is 17.3 Å². The van der Waals surface area contributed by atoms with Gasteiger partial charge in [-0.25, -0.2) is 4.39 Å². The molecule has 2 aromatic carbocycles. The lowest BCUT2D eigenvalue weighted by molar-refractivity contribution is 0.624. The first kappa shape index (κ1) is 13.4. The van der Waals surface area contributed by atoms with Gasteiger partial charge >= 0.3 is 0 Å². The molecule has 0 fully saturated rings. The molecule has 4 heteroatoms. The summed E-state index contributed by atoms with van der Waals surface area (Å²) in [5.41, 5.74) is 2.30. The van der Waals surface area contributed by atoms with Gasteiger partial charge in [0.15, 0.2) is 0 Å². The normalized spacial score (nSPS) is 11.7. The average Bonchev–Trinajstić information content (AvgIpc) is 2.42. The third-order valence-corrected chi connectivity index (χ3v) is 3.15. The van der Waals surface area contributed by atoms with Crippen molar-refractivity contribution in [3.63, 3.8) is 0 Å². The van der Waals surface area contributed by atoms with Crippen LogP contribution in [0.15, 0.2) is 42.5 Å². The van der Waals surface area contributed by atoms with Crippen molar-refractivity contribution in [2.45, 2.75) is 13.0 Å². The molecule has 0 saturated heterocycles. The monoisotopic (exact) mass is 274 g/mol. The second-order valence-electron chi connectivity index (χ2n) is 4.23. The van der Waals surface area contributed by atoms with E-state index in [1.165, 1.54) is 6.07 Å². The van der Waals surface area contributed by atoms with Crippen LogP contribution in [0.2, 0.25) is 5.02 Å². The second-order valence-corrected chi connectivity index (χ2v) is 4.64. The molecular formula is C15H12ClFN2. The van der Waals surface area contributed by atoms with Crippen molar-refractivity contribution in [2.75, 3.05) is 5.32 Å². The Bertz CT molecular complexity index is 617. The molecule has 2 aromatic rings. The van der Waals surface area contributed by atoms with Gasteiger partial charge in [-0.2, -0.15) is 5.26 Å². The molecule has 96 valence electrons. The van der Waals surface area contributed by atoms with Gasteiger partial charge in [0.1, 0.15) is 5.82 Å². The zero-order valence-electron chi connectivity index (χ0n) is 10.3. The fourth-order valence-electron chi connectivity index (χ4n) is 1.76. The summed E-state index contributed by atoms with van der Waals surface area (Å²) < 4.78 is 13.4. The minimum Gasteiger partial charge on any atom is -0.379 e. The maximum Gasteiger partial charge on any atom is 0.142 e. The maximum absolute atomic E-state index is 13.4. The first-order valence-corrected chi connectivity index (χ1v) is 6.19. The minimum atomic E-state index is -0.423. The van der Waals surface area contributed by atoms with Crippen LogP contribution < -0.4 is 5.32 Å². The molecule has 0 amide bonds. The van der Waals surface area contributed by atoms with E-state index in [-0.39, 0.29) is 11.1 Å². The number of nitrogens with one attached hydrogen (secondary N) is 1. The van der Waals surface area contributed by atoms with E-state index in [0.717, 1.165) is 11.3 Å². The van der Waals surface area contributed by atoms with Gasteiger partial charge < -0.3 is 5.32 Å². The Balaban J connectivity index is 2.13. The first-order valence-electron chi connectivity index (χ1n) is 5.82. The van der Waals surface area contributed by atoms with E-state index in [2.05, 4.69) is 11.4 Å². The van der Waals surface area contributed by atoms with Crippen molar-refractivity contribution in [2.24, 2.45) is 0 Å². The molecule has 2 rings (SSSR count). The number of halogens is 2. The van der Waals surface area contributed by atoms with Crippen LogP contribution in [0.1, 0.15) is 24.1 Å². The largest absolute Gasteiger partial charge is 0.379 e. The van der Waals surface area contributed by atoms with E-state index >= 15 is 0 Å². The molecule has 1 atom stereocenters. The van der Waals surface area contributed by atoms with Gasteiger partial charge in [-0.05, 0) is 48.9 Å². The van der Waals surface area contributed by atoms with Crippen LogP contribution in [0.4, 0.5) is 10.1 Å². The van der Waals surface area contributed by atoms with Gasteiger partial charge in [-0.15, -0.1) is 0 Å². The van der Waals surface area contributed by atoms with E-state index in [9.17, 15) is 4.39 Å². The molecule has 0 aliphatic heterocycles. The average molecular weight is 275 g/mol. The topological polar surface area (TPSA) is 35.8 Å². The zero-order valence-corrected chi connectivity index (χ0v) is 11.1. The second kappa shape index (κ2) is 5.73. The van der Waals surface area contributed by atoms with Crippen LogP contribution in [-0.2, 0) is 0 Å². The summed E-state index contributed by atoms with van der Waals surface area (Å²) in [6, 6.07) is 13.9. The first-order chi connectivity index (χ1) is 9.10. The number of anilines is 1. The number of nitriles is 1. The predicted molar refractivity (Wildman–Crippen MR) is 74.6 cm³/mol. The van der Waals surface area contributed by atoms with Crippen LogP contribution in [0.3, 0.4) is 0 Å². The van der Waals surface area contributed by atoms with Gasteiger partial charge in [0.2, 0.25) is 0 Å². The van der Waals surface area contributed by atoms with E-state index in [1.807, 2.05) is 19.1 Å². The number of rotatable bonds is 3. The van der Waals surface area contributed by atoms with Crippen LogP contribution in [-0.4, -0.2) is 0 Å². The molecule has 0 bridgehead atoms. The third-order valence-electron chi connectivity index (χ3n) is 2.84. The Morgan fingerprint density at radius 2 is 1.89 bits per heavy atom. The summed E-state index contributed by atoms with van der Waals surface area (Å²) in [7, 11) is 0. The van der Waals surface area contributed by atoms with Crippen molar-refractivity contribution in [1.82, 2.24) is 0 Å². The summed E-state index contributed by atoms with van der Waals surface area (Å²) in [6.45, 7) is 1.93. The van der Waals surface area contributed by atoms with Crippen LogP contribution in [0, 0.1) is 17.1 Å².